The summed E-state index contributed by atoms with van der Waals surface area (Å²) in [4.78, 5) is 102. The standard InChI is InChI=1S/C40H47ClF3N7O9/c1-19-10-32-39(58)60-21(3)33(48-34(53)29(13-22-11-24(42)15-25(43)12-22)47-40(59)46-28-8-7-23(41)14-27(28)44)38(57)51-18-26(52)16-31(51)37(56)49-9-5-4-6-30(49)35(54)45-20(2)36(55)50(32)17-19/h7-8,11-12,14-15,19-21,26,29-33,52H,4-6,9-10,13,16-18H2,1-3H3,(H,45,54)(H,48,53)(H2,46,47,59)/t19-,20+,21+,26-,29+,30+,31+,32+,33+/m1/s1. The predicted molar refractivity (Wildman–Crippen MR) is 207 cm³/mol. The molecular formula is C40H47ClF3N7O9. The zero-order valence-corrected chi connectivity index (χ0v) is 33.8. The molecule has 5 N–H and O–H groups in total. The van der Waals surface area contributed by atoms with E-state index in [1.165, 1.54) is 29.7 Å². The van der Waals surface area contributed by atoms with E-state index < -0.39 is 114 Å². The zero-order valence-electron chi connectivity index (χ0n) is 33.1. The Hall–Kier alpha value is -5.43. The van der Waals surface area contributed by atoms with Gasteiger partial charge in [0.25, 0.3) is 0 Å². The number of halogens is 4. The lowest BCUT2D eigenvalue weighted by Gasteiger charge is -2.39. The predicted octanol–water partition coefficient (Wildman–Crippen LogP) is 2.00. The second-order valence-electron chi connectivity index (χ2n) is 15.9. The fourth-order valence-corrected chi connectivity index (χ4v) is 8.47. The number of cyclic esters (lactones) is 1. The first-order chi connectivity index (χ1) is 28.4. The molecule has 16 nitrogen and oxygen atoms in total. The number of aliphatic hydroxyl groups excluding tert-OH is 1. The first kappa shape index (κ1) is 44.1. The maximum absolute atomic E-state index is 14.7. The Bertz CT molecular complexity index is 2030. The van der Waals surface area contributed by atoms with Gasteiger partial charge in [0.2, 0.25) is 29.5 Å². The van der Waals surface area contributed by atoms with E-state index in [0.717, 1.165) is 29.2 Å². The Morgan fingerprint density at radius 2 is 1.58 bits per heavy atom. The van der Waals surface area contributed by atoms with Crippen LogP contribution < -0.4 is 21.3 Å². The molecule has 0 unspecified atom stereocenters. The maximum atomic E-state index is 14.7. The molecule has 4 aliphatic heterocycles. The number of nitrogens with one attached hydrogen (secondary N) is 4. The number of aliphatic hydroxyl groups is 1. The first-order valence-electron chi connectivity index (χ1n) is 19.8. The van der Waals surface area contributed by atoms with Crippen LogP contribution in [0.4, 0.5) is 23.7 Å². The quantitative estimate of drug-likeness (QED) is 0.269. The number of amides is 7. The number of urea groups is 1. The molecule has 0 bridgehead atoms. The molecule has 4 saturated heterocycles. The van der Waals surface area contributed by atoms with Crippen molar-refractivity contribution in [3.05, 3.63) is 64.4 Å². The van der Waals surface area contributed by atoms with Gasteiger partial charge in [0.05, 0.1) is 11.8 Å². The highest BCUT2D eigenvalue weighted by Crippen LogP contribution is 2.29. The molecule has 0 aliphatic carbocycles. The summed E-state index contributed by atoms with van der Waals surface area (Å²) < 4.78 is 49.1. The topological polar surface area (TPSA) is 207 Å². The average molecular weight is 862 g/mol. The van der Waals surface area contributed by atoms with Gasteiger partial charge in [-0.3, -0.25) is 24.0 Å². The summed E-state index contributed by atoms with van der Waals surface area (Å²) in [5, 5.41) is 20.6. The fraction of sp³-hybridized carbons (Fsp3) is 0.525. The molecule has 0 aromatic heterocycles. The number of fused-ring (bicyclic) bond motifs is 3. The van der Waals surface area contributed by atoms with E-state index in [1.807, 2.05) is 6.92 Å². The van der Waals surface area contributed by atoms with Gasteiger partial charge in [0, 0.05) is 43.6 Å². The van der Waals surface area contributed by atoms with E-state index in [2.05, 4.69) is 21.3 Å². The molecule has 4 heterocycles. The number of nitrogens with zero attached hydrogens (tertiary/aromatic N) is 3. The number of rotatable bonds is 6. The van der Waals surface area contributed by atoms with Crippen molar-refractivity contribution in [2.24, 2.45) is 5.92 Å². The maximum Gasteiger partial charge on any atom is 0.329 e. The van der Waals surface area contributed by atoms with Gasteiger partial charge >= 0.3 is 12.0 Å². The van der Waals surface area contributed by atoms with Crippen molar-refractivity contribution in [2.75, 3.05) is 25.0 Å². The second kappa shape index (κ2) is 18.5. The van der Waals surface area contributed by atoms with Crippen LogP contribution in [0, 0.1) is 23.4 Å². The van der Waals surface area contributed by atoms with E-state index in [-0.39, 0.29) is 61.1 Å². The number of esters is 1. The Labute approximate surface area is 348 Å². The number of benzene rings is 2. The van der Waals surface area contributed by atoms with E-state index in [9.17, 15) is 51.8 Å². The minimum atomic E-state index is -1.82. The van der Waals surface area contributed by atoms with Crippen LogP contribution in [0.1, 0.15) is 58.4 Å². The lowest BCUT2D eigenvalue weighted by Crippen LogP contribution is -2.63. The minimum absolute atomic E-state index is 0.0320. The van der Waals surface area contributed by atoms with Crippen LogP contribution in [-0.2, 0) is 39.9 Å². The molecular weight excluding hydrogens is 815 g/mol. The van der Waals surface area contributed by atoms with Crippen LogP contribution in [0.2, 0.25) is 5.02 Å². The van der Waals surface area contributed by atoms with Crippen molar-refractivity contribution in [2.45, 2.75) is 108 Å². The summed E-state index contributed by atoms with van der Waals surface area (Å²) in [5.74, 6) is -7.95. The molecule has 9 atom stereocenters. The molecule has 0 saturated carbocycles. The summed E-state index contributed by atoms with van der Waals surface area (Å²) in [6, 6.07) is -3.46. The molecule has 4 fully saturated rings. The van der Waals surface area contributed by atoms with Crippen LogP contribution in [0.25, 0.3) is 0 Å². The molecule has 60 heavy (non-hydrogen) atoms. The largest absolute Gasteiger partial charge is 0.458 e. The number of carbonyl (C=O) groups excluding carboxylic acids is 7. The molecule has 20 heteroatoms. The highest BCUT2D eigenvalue weighted by atomic mass is 35.5. The summed E-state index contributed by atoms with van der Waals surface area (Å²) >= 11 is 5.83. The van der Waals surface area contributed by atoms with Crippen molar-refractivity contribution < 1.29 is 56.6 Å². The fourth-order valence-electron chi connectivity index (χ4n) is 8.31. The molecule has 0 spiro atoms. The lowest BCUT2D eigenvalue weighted by molar-refractivity contribution is -0.163. The Kier molecular flexibility index (Phi) is 13.6. The van der Waals surface area contributed by atoms with Gasteiger partial charge in [-0.2, -0.15) is 0 Å². The van der Waals surface area contributed by atoms with Gasteiger partial charge in [0.15, 0.2) is 0 Å². The Morgan fingerprint density at radius 1 is 0.883 bits per heavy atom. The van der Waals surface area contributed by atoms with Gasteiger partial charge in [-0.1, -0.05) is 18.5 Å². The third-order valence-corrected chi connectivity index (χ3v) is 11.5. The van der Waals surface area contributed by atoms with Crippen LogP contribution in [0.15, 0.2) is 36.4 Å². The summed E-state index contributed by atoms with van der Waals surface area (Å²) in [7, 11) is 0. The van der Waals surface area contributed by atoms with Crippen molar-refractivity contribution >= 4 is 58.8 Å². The highest BCUT2D eigenvalue weighted by molar-refractivity contribution is 6.30. The number of anilines is 1. The molecule has 7 amide bonds. The van der Waals surface area contributed by atoms with Crippen LogP contribution in [-0.4, -0.2) is 129 Å². The zero-order chi connectivity index (χ0) is 43.6. The average Bonchev–Trinajstić information content (AvgIpc) is 3.78. The number of ether oxygens (including phenoxy) is 1. The molecule has 4 aliphatic rings. The second-order valence-corrected chi connectivity index (χ2v) is 16.3. The molecule has 2 aromatic rings. The SMILES string of the molecule is C[C@@H]1C[C@H]2C(=O)O[C@@H](C)[C@H](NC(=O)[C@H](Cc3cc(F)cc(F)c3)NC(=O)Nc3ccc(Cl)cc3F)C(=O)N3C[C@H](O)C[C@H]3C(=O)N3CCCC[C@H]3C(=O)N[C@@H](C)C(=O)N2C1. The van der Waals surface area contributed by atoms with Crippen LogP contribution >= 0.6 is 11.6 Å². The minimum Gasteiger partial charge on any atom is -0.458 e. The van der Waals surface area contributed by atoms with Gasteiger partial charge in [-0.15, -0.1) is 0 Å². The lowest BCUT2D eigenvalue weighted by atomic mass is 9.98. The monoisotopic (exact) mass is 861 g/mol. The highest BCUT2D eigenvalue weighted by Gasteiger charge is 2.49. The van der Waals surface area contributed by atoms with Gasteiger partial charge < -0.3 is 45.8 Å². The smallest absolute Gasteiger partial charge is 0.329 e. The summed E-state index contributed by atoms with van der Waals surface area (Å²) in [5.41, 5.74) is -0.432. The van der Waals surface area contributed by atoms with Gasteiger partial charge in [0.1, 0.15) is 59.8 Å². The van der Waals surface area contributed by atoms with Crippen molar-refractivity contribution in [1.82, 2.24) is 30.7 Å². The van der Waals surface area contributed by atoms with E-state index in [4.69, 9.17) is 16.3 Å². The third kappa shape index (κ3) is 9.94. The van der Waals surface area contributed by atoms with Gasteiger partial charge in [-0.25, -0.2) is 22.8 Å². The van der Waals surface area contributed by atoms with E-state index in [0.29, 0.717) is 18.9 Å². The molecule has 0 radical (unpaired) electrons. The van der Waals surface area contributed by atoms with Crippen molar-refractivity contribution in [3.8, 4) is 0 Å². The Balaban J connectivity index is 1.36. The summed E-state index contributed by atoms with van der Waals surface area (Å²) in [6.07, 6.45) is -1.97. The molecule has 324 valence electrons. The molecule has 6 rings (SSSR count). The van der Waals surface area contributed by atoms with Crippen molar-refractivity contribution in [1.29, 1.82) is 0 Å². The number of piperidine rings is 1. The van der Waals surface area contributed by atoms with Crippen molar-refractivity contribution in [3.63, 3.8) is 0 Å². The van der Waals surface area contributed by atoms with E-state index >= 15 is 0 Å². The number of hydrogen-bond donors (Lipinski definition) is 5. The first-order valence-corrected chi connectivity index (χ1v) is 20.2. The summed E-state index contributed by atoms with van der Waals surface area (Å²) in [6.45, 7) is 4.48. The number of carbonyl (C=O) groups is 7. The van der Waals surface area contributed by atoms with E-state index in [1.54, 1.807) is 0 Å². The van der Waals surface area contributed by atoms with Crippen LogP contribution in [0.5, 0.6) is 0 Å². The Morgan fingerprint density at radius 3 is 2.28 bits per heavy atom. The molecule has 2 aromatic carbocycles. The third-order valence-electron chi connectivity index (χ3n) is 11.2. The normalized spacial score (nSPS) is 28.3. The van der Waals surface area contributed by atoms with Gasteiger partial charge in [-0.05, 0) is 81.3 Å². The van der Waals surface area contributed by atoms with Crippen LogP contribution in [0.3, 0.4) is 0 Å². The number of hydrogen-bond acceptors (Lipinski definition) is 9.